The van der Waals surface area contributed by atoms with Gasteiger partial charge in [0, 0.05) is 26.3 Å². The van der Waals surface area contributed by atoms with Crippen LogP contribution in [0, 0.1) is 0 Å². The maximum atomic E-state index is 6.06. The lowest BCUT2D eigenvalue weighted by Gasteiger charge is -2.19. The Morgan fingerprint density at radius 3 is 2.67 bits per heavy atom. The average molecular weight is 306 g/mol. The number of anilines is 1. The normalized spacial score (nSPS) is 10.6. The molecule has 0 unspecified atom stereocenters. The third-order valence-electron chi connectivity index (χ3n) is 3.13. The number of aromatic nitrogens is 2. The van der Waals surface area contributed by atoms with E-state index in [1.807, 2.05) is 20.0 Å². The molecule has 0 aliphatic carbocycles. The summed E-state index contributed by atoms with van der Waals surface area (Å²) in [5.41, 5.74) is 1.30. The summed E-state index contributed by atoms with van der Waals surface area (Å²) >= 11 is 6.06. The molecule has 1 aromatic carbocycles. The van der Waals surface area contributed by atoms with Crippen LogP contribution >= 0.6 is 11.6 Å². The summed E-state index contributed by atoms with van der Waals surface area (Å²) in [7, 11) is 2.01. The first-order valence-corrected chi connectivity index (χ1v) is 7.43. The van der Waals surface area contributed by atoms with E-state index >= 15 is 0 Å². The van der Waals surface area contributed by atoms with Gasteiger partial charge in [0.2, 0.25) is 0 Å². The molecule has 4 nitrogen and oxygen atoms in total. The highest BCUT2D eigenvalue weighted by Gasteiger charge is 2.08. The van der Waals surface area contributed by atoms with Gasteiger partial charge in [-0.25, -0.2) is 9.97 Å². The van der Waals surface area contributed by atoms with E-state index in [-0.39, 0.29) is 0 Å². The van der Waals surface area contributed by atoms with Gasteiger partial charge >= 0.3 is 0 Å². The third kappa shape index (κ3) is 4.99. The van der Waals surface area contributed by atoms with Gasteiger partial charge < -0.3 is 9.64 Å². The van der Waals surface area contributed by atoms with Crippen molar-refractivity contribution in [3.63, 3.8) is 0 Å². The molecule has 2 rings (SSSR count). The highest BCUT2D eigenvalue weighted by molar-refractivity contribution is 6.29. The fourth-order valence-electron chi connectivity index (χ4n) is 1.96. The molecule has 21 heavy (non-hydrogen) atoms. The molecule has 2 aromatic rings. The van der Waals surface area contributed by atoms with Gasteiger partial charge in [0.05, 0.1) is 0 Å². The molecule has 112 valence electrons. The van der Waals surface area contributed by atoms with Crippen LogP contribution in [0.5, 0.6) is 0 Å². The van der Waals surface area contributed by atoms with Gasteiger partial charge in [0.25, 0.3) is 0 Å². The summed E-state index contributed by atoms with van der Waals surface area (Å²) in [6.45, 7) is 3.83. The van der Waals surface area contributed by atoms with Crippen molar-refractivity contribution < 1.29 is 4.74 Å². The predicted molar refractivity (Wildman–Crippen MR) is 85.8 cm³/mol. The quantitative estimate of drug-likeness (QED) is 0.735. The Hall–Kier alpha value is -1.65. The number of benzene rings is 1. The van der Waals surface area contributed by atoms with Gasteiger partial charge in [-0.15, -0.1) is 0 Å². The largest absolute Gasteiger partial charge is 0.374 e. The molecule has 0 spiro atoms. The number of hydrogen-bond acceptors (Lipinski definition) is 4. The van der Waals surface area contributed by atoms with E-state index in [4.69, 9.17) is 16.3 Å². The Bertz CT molecular complexity index is 563. The Labute approximate surface area is 130 Å². The highest BCUT2D eigenvalue weighted by Crippen LogP contribution is 2.16. The molecule has 1 heterocycles. The monoisotopic (exact) mass is 305 g/mol. The van der Waals surface area contributed by atoms with Crippen LogP contribution in [0.25, 0.3) is 0 Å². The van der Waals surface area contributed by atoms with Crippen LogP contribution in [0.4, 0.5) is 5.82 Å². The summed E-state index contributed by atoms with van der Waals surface area (Å²) in [5.74, 6) is 1.44. The maximum Gasteiger partial charge on any atom is 0.158 e. The second-order valence-electron chi connectivity index (χ2n) is 4.76. The van der Waals surface area contributed by atoms with E-state index in [9.17, 15) is 0 Å². The first kappa shape index (κ1) is 15.7. The van der Waals surface area contributed by atoms with Crippen LogP contribution in [0.15, 0.2) is 36.4 Å². The van der Waals surface area contributed by atoms with Crippen LogP contribution in [-0.4, -0.2) is 30.2 Å². The van der Waals surface area contributed by atoms with Crippen molar-refractivity contribution in [2.75, 3.05) is 25.1 Å². The molecule has 0 saturated heterocycles. The van der Waals surface area contributed by atoms with Crippen molar-refractivity contribution >= 4 is 17.4 Å². The van der Waals surface area contributed by atoms with Crippen LogP contribution in [0.3, 0.4) is 0 Å². The van der Waals surface area contributed by atoms with E-state index in [1.165, 1.54) is 5.56 Å². The van der Waals surface area contributed by atoms with Crippen molar-refractivity contribution in [2.24, 2.45) is 0 Å². The molecule has 5 heteroatoms. The minimum absolute atomic E-state index is 0.386. The molecular weight excluding hydrogens is 286 g/mol. The van der Waals surface area contributed by atoms with Crippen molar-refractivity contribution in [1.82, 2.24) is 9.97 Å². The van der Waals surface area contributed by atoms with E-state index in [1.54, 1.807) is 6.07 Å². The number of likely N-dealkylation sites (N-methyl/N-ethyl adjacent to an activating group) is 1. The van der Waals surface area contributed by atoms with Crippen molar-refractivity contribution in [3.05, 3.63) is 52.9 Å². The lowest BCUT2D eigenvalue weighted by atomic mass is 10.1. The molecule has 1 aromatic heterocycles. The summed E-state index contributed by atoms with van der Waals surface area (Å²) < 4.78 is 5.34. The van der Waals surface area contributed by atoms with Crippen molar-refractivity contribution in [3.8, 4) is 0 Å². The van der Waals surface area contributed by atoms with Gasteiger partial charge in [-0.3, -0.25) is 0 Å². The molecule has 0 saturated carbocycles. The van der Waals surface area contributed by atoms with Crippen LogP contribution in [0.2, 0.25) is 5.15 Å². The van der Waals surface area contributed by atoms with Gasteiger partial charge in [-0.05, 0) is 18.9 Å². The second kappa shape index (κ2) is 7.96. The Morgan fingerprint density at radius 1 is 1.19 bits per heavy atom. The number of nitrogens with zero attached hydrogens (tertiary/aromatic N) is 3. The van der Waals surface area contributed by atoms with Crippen molar-refractivity contribution in [1.29, 1.82) is 0 Å². The van der Waals surface area contributed by atoms with Gasteiger partial charge in [0.1, 0.15) is 17.6 Å². The molecule has 0 aliphatic heterocycles. The Balaban J connectivity index is 2.01. The Morgan fingerprint density at radius 2 is 1.95 bits per heavy atom. The lowest BCUT2D eigenvalue weighted by molar-refractivity contribution is 0.128. The third-order valence-corrected chi connectivity index (χ3v) is 3.33. The minimum Gasteiger partial charge on any atom is -0.374 e. The smallest absolute Gasteiger partial charge is 0.158 e. The summed E-state index contributed by atoms with van der Waals surface area (Å²) in [5, 5.41) is 0.446. The lowest BCUT2D eigenvalue weighted by Crippen LogP contribution is -2.22. The summed E-state index contributed by atoms with van der Waals surface area (Å²) in [6, 6.07) is 12.2. The van der Waals surface area contributed by atoms with Gasteiger partial charge in [0.15, 0.2) is 5.82 Å². The zero-order valence-electron chi connectivity index (χ0n) is 12.4. The van der Waals surface area contributed by atoms with E-state index in [0.29, 0.717) is 24.2 Å². The van der Waals surface area contributed by atoms with Crippen LogP contribution < -0.4 is 4.90 Å². The predicted octanol–water partition coefficient (Wildman–Crippen LogP) is 3.35. The zero-order chi connectivity index (χ0) is 15.1. The molecule has 0 aliphatic rings. The van der Waals surface area contributed by atoms with Crippen molar-refractivity contribution in [2.45, 2.75) is 20.0 Å². The minimum atomic E-state index is 0.386. The van der Waals surface area contributed by atoms with E-state index in [2.05, 4.69) is 39.1 Å². The molecular formula is C16H20ClN3O. The molecule has 0 bridgehead atoms. The topological polar surface area (TPSA) is 38.2 Å². The van der Waals surface area contributed by atoms with E-state index in [0.717, 1.165) is 18.8 Å². The first-order valence-electron chi connectivity index (χ1n) is 7.05. The number of halogens is 1. The molecule has 0 amide bonds. The number of ether oxygens (including phenoxy) is 1. The van der Waals surface area contributed by atoms with Gasteiger partial charge in [-0.1, -0.05) is 41.9 Å². The molecule has 0 N–H and O–H groups in total. The average Bonchev–Trinajstić information content (AvgIpc) is 2.51. The zero-order valence-corrected chi connectivity index (χ0v) is 13.2. The fraction of sp³-hybridized carbons (Fsp3) is 0.375. The van der Waals surface area contributed by atoms with E-state index < -0.39 is 0 Å². The first-order chi connectivity index (χ1) is 10.2. The summed E-state index contributed by atoms with van der Waals surface area (Å²) in [6.07, 6.45) is 0.958. The maximum absolute atomic E-state index is 6.06. The summed E-state index contributed by atoms with van der Waals surface area (Å²) in [4.78, 5) is 10.7. The SMILES string of the molecule is CCOCc1nc(Cl)cc(N(C)CCc2ccccc2)n1. The Kier molecular flexibility index (Phi) is 5.96. The standard InChI is InChI=1S/C16H20ClN3O/c1-3-21-12-15-18-14(17)11-16(19-15)20(2)10-9-13-7-5-4-6-8-13/h4-8,11H,3,9-10,12H2,1-2H3. The highest BCUT2D eigenvalue weighted by atomic mass is 35.5. The molecule has 0 radical (unpaired) electrons. The van der Waals surface area contributed by atoms with Gasteiger partial charge in [-0.2, -0.15) is 0 Å². The molecule has 0 fully saturated rings. The fourth-order valence-corrected chi connectivity index (χ4v) is 2.16. The van der Waals surface area contributed by atoms with Crippen LogP contribution in [-0.2, 0) is 17.8 Å². The number of hydrogen-bond donors (Lipinski definition) is 0. The van der Waals surface area contributed by atoms with Crippen LogP contribution in [0.1, 0.15) is 18.3 Å². The second-order valence-corrected chi connectivity index (χ2v) is 5.15. The number of rotatable bonds is 7. The molecule has 0 atom stereocenters.